The molecule has 0 unspecified atom stereocenters. The molecule has 0 spiro atoms. The van der Waals surface area contributed by atoms with E-state index in [1.54, 1.807) is 25.1 Å². The SMILES string of the molecule is C=C1CCc2cc(S(=O)(=O)Nc3cccc(F)c3C)ccc2C1. The van der Waals surface area contributed by atoms with Crippen molar-refractivity contribution < 1.29 is 12.8 Å². The summed E-state index contributed by atoms with van der Waals surface area (Å²) in [7, 11) is -3.74. The summed E-state index contributed by atoms with van der Waals surface area (Å²) in [6, 6.07) is 9.48. The number of aryl methyl sites for hydroxylation is 1. The van der Waals surface area contributed by atoms with Crippen LogP contribution in [0.1, 0.15) is 23.1 Å². The Morgan fingerprint density at radius 3 is 2.70 bits per heavy atom. The topological polar surface area (TPSA) is 46.2 Å². The molecule has 2 aromatic rings. The highest BCUT2D eigenvalue weighted by atomic mass is 32.2. The Kier molecular flexibility index (Phi) is 3.98. The van der Waals surface area contributed by atoms with E-state index in [0.29, 0.717) is 0 Å². The molecule has 0 saturated heterocycles. The zero-order valence-electron chi connectivity index (χ0n) is 12.9. The molecule has 23 heavy (non-hydrogen) atoms. The number of halogens is 1. The van der Waals surface area contributed by atoms with Gasteiger partial charge in [-0.2, -0.15) is 0 Å². The number of hydrogen-bond acceptors (Lipinski definition) is 2. The third kappa shape index (κ3) is 3.15. The Balaban J connectivity index is 1.94. The van der Waals surface area contributed by atoms with Gasteiger partial charge in [-0.25, -0.2) is 12.8 Å². The van der Waals surface area contributed by atoms with Gasteiger partial charge in [0.1, 0.15) is 5.82 Å². The summed E-state index contributed by atoms with van der Waals surface area (Å²) >= 11 is 0. The van der Waals surface area contributed by atoms with Crippen LogP contribution in [0.2, 0.25) is 0 Å². The number of rotatable bonds is 3. The van der Waals surface area contributed by atoms with Gasteiger partial charge in [-0.1, -0.05) is 24.3 Å². The second-order valence-electron chi connectivity index (χ2n) is 5.88. The second kappa shape index (κ2) is 5.81. The first kappa shape index (κ1) is 15.7. The van der Waals surface area contributed by atoms with E-state index < -0.39 is 15.8 Å². The smallest absolute Gasteiger partial charge is 0.261 e. The standard InChI is InChI=1S/C18H18FNO2S/c1-12-6-7-15-11-16(9-8-14(15)10-12)23(21,22)20-18-5-3-4-17(19)13(18)2/h3-5,8-9,11,20H,1,6-7,10H2,2H3. The van der Waals surface area contributed by atoms with Gasteiger partial charge in [-0.3, -0.25) is 4.72 Å². The highest BCUT2D eigenvalue weighted by Crippen LogP contribution is 2.28. The minimum absolute atomic E-state index is 0.201. The predicted molar refractivity (Wildman–Crippen MR) is 89.6 cm³/mol. The van der Waals surface area contributed by atoms with E-state index in [1.807, 2.05) is 6.07 Å². The molecule has 1 aliphatic rings. The molecule has 0 radical (unpaired) electrons. The molecule has 1 N–H and O–H groups in total. The predicted octanol–water partition coefficient (Wildman–Crippen LogP) is 3.98. The number of benzene rings is 2. The molecule has 0 aromatic heterocycles. The molecule has 2 aromatic carbocycles. The van der Waals surface area contributed by atoms with E-state index in [4.69, 9.17) is 0 Å². The largest absolute Gasteiger partial charge is 0.279 e. The highest BCUT2D eigenvalue weighted by Gasteiger charge is 2.19. The molecule has 0 bridgehead atoms. The summed E-state index contributed by atoms with van der Waals surface area (Å²) in [5.74, 6) is -0.436. The first-order chi connectivity index (χ1) is 10.9. The molecule has 0 amide bonds. The van der Waals surface area contributed by atoms with Crippen LogP contribution in [0.3, 0.4) is 0 Å². The number of allylic oxidation sites excluding steroid dienone is 1. The molecule has 0 aliphatic heterocycles. The molecule has 0 fully saturated rings. The molecule has 1 aliphatic carbocycles. The zero-order chi connectivity index (χ0) is 16.6. The number of sulfonamides is 1. The molecule has 120 valence electrons. The zero-order valence-corrected chi connectivity index (χ0v) is 13.7. The maximum absolute atomic E-state index is 13.6. The molecule has 5 heteroatoms. The molecule has 0 heterocycles. The van der Waals surface area contributed by atoms with E-state index in [9.17, 15) is 12.8 Å². The number of nitrogens with one attached hydrogen (secondary N) is 1. The lowest BCUT2D eigenvalue weighted by molar-refractivity contribution is 0.600. The van der Waals surface area contributed by atoms with Crippen molar-refractivity contribution in [3.63, 3.8) is 0 Å². The fraction of sp³-hybridized carbons (Fsp3) is 0.222. The maximum Gasteiger partial charge on any atom is 0.261 e. The van der Waals surface area contributed by atoms with E-state index in [1.165, 1.54) is 17.7 Å². The summed E-state index contributed by atoms with van der Waals surface area (Å²) in [5.41, 5.74) is 3.88. The van der Waals surface area contributed by atoms with Crippen LogP contribution >= 0.6 is 0 Å². The van der Waals surface area contributed by atoms with Gasteiger partial charge in [-0.15, -0.1) is 0 Å². The Bertz CT molecular complexity index is 888. The average Bonchev–Trinajstić information content (AvgIpc) is 2.51. The normalized spacial score (nSPS) is 14.4. The van der Waals surface area contributed by atoms with Gasteiger partial charge >= 0.3 is 0 Å². The number of hydrogen-bond donors (Lipinski definition) is 1. The third-order valence-corrected chi connectivity index (χ3v) is 5.55. The second-order valence-corrected chi connectivity index (χ2v) is 7.56. The van der Waals surface area contributed by atoms with Crippen molar-refractivity contribution in [1.82, 2.24) is 0 Å². The molecular weight excluding hydrogens is 313 g/mol. The van der Waals surface area contributed by atoms with Gasteiger partial charge in [0.15, 0.2) is 0 Å². The Hall–Kier alpha value is -2.14. The summed E-state index contributed by atoms with van der Waals surface area (Å²) in [5, 5.41) is 0. The monoisotopic (exact) mass is 331 g/mol. The van der Waals surface area contributed by atoms with Gasteiger partial charge in [0.2, 0.25) is 0 Å². The molecule has 3 rings (SSSR count). The van der Waals surface area contributed by atoms with Crippen molar-refractivity contribution in [3.8, 4) is 0 Å². The van der Waals surface area contributed by atoms with Crippen molar-refractivity contribution in [1.29, 1.82) is 0 Å². The van der Waals surface area contributed by atoms with E-state index >= 15 is 0 Å². The summed E-state index contributed by atoms with van der Waals surface area (Å²) < 4.78 is 41.2. The van der Waals surface area contributed by atoms with Crippen molar-refractivity contribution >= 4 is 15.7 Å². The number of anilines is 1. The fourth-order valence-electron chi connectivity index (χ4n) is 2.77. The van der Waals surface area contributed by atoms with Crippen LogP contribution in [0.5, 0.6) is 0 Å². The maximum atomic E-state index is 13.6. The quantitative estimate of drug-likeness (QED) is 0.865. The van der Waals surface area contributed by atoms with Gasteiger partial charge in [0, 0.05) is 5.56 Å². The Morgan fingerprint density at radius 2 is 1.91 bits per heavy atom. The van der Waals surface area contributed by atoms with E-state index in [0.717, 1.165) is 30.4 Å². The van der Waals surface area contributed by atoms with Gasteiger partial charge in [-0.05, 0) is 61.6 Å². The van der Waals surface area contributed by atoms with E-state index in [-0.39, 0.29) is 16.1 Å². The first-order valence-electron chi connectivity index (χ1n) is 7.43. The Morgan fingerprint density at radius 1 is 1.13 bits per heavy atom. The summed E-state index contributed by atoms with van der Waals surface area (Å²) in [4.78, 5) is 0.201. The highest BCUT2D eigenvalue weighted by molar-refractivity contribution is 7.92. The van der Waals surface area contributed by atoms with Crippen LogP contribution in [-0.4, -0.2) is 8.42 Å². The summed E-state index contributed by atoms with van der Waals surface area (Å²) in [6.07, 6.45) is 2.48. The first-order valence-corrected chi connectivity index (χ1v) is 8.91. The minimum Gasteiger partial charge on any atom is -0.279 e. The van der Waals surface area contributed by atoms with Crippen LogP contribution in [0.15, 0.2) is 53.4 Å². The molecule has 0 saturated carbocycles. The fourth-order valence-corrected chi connectivity index (χ4v) is 3.94. The van der Waals surface area contributed by atoms with Crippen LogP contribution < -0.4 is 4.72 Å². The minimum atomic E-state index is -3.74. The van der Waals surface area contributed by atoms with Crippen molar-refractivity contribution in [3.05, 3.63) is 71.1 Å². The van der Waals surface area contributed by atoms with Gasteiger partial charge < -0.3 is 0 Å². The van der Waals surface area contributed by atoms with Crippen LogP contribution in [0, 0.1) is 12.7 Å². The number of fused-ring (bicyclic) bond motifs is 1. The molecule has 3 nitrogen and oxygen atoms in total. The average molecular weight is 331 g/mol. The van der Waals surface area contributed by atoms with Gasteiger partial charge in [0.25, 0.3) is 10.0 Å². The van der Waals surface area contributed by atoms with Crippen LogP contribution in [-0.2, 0) is 22.9 Å². The van der Waals surface area contributed by atoms with Gasteiger partial charge in [0.05, 0.1) is 10.6 Å². The van der Waals surface area contributed by atoms with Crippen molar-refractivity contribution in [2.24, 2.45) is 0 Å². The Labute approximate surface area is 135 Å². The van der Waals surface area contributed by atoms with E-state index in [2.05, 4.69) is 11.3 Å². The lowest BCUT2D eigenvalue weighted by Crippen LogP contribution is -2.15. The lowest BCUT2D eigenvalue weighted by Gasteiger charge is -2.19. The van der Waals surface area contributed by atoms with Crippen LogP contribution in [0.25, 0.3) is 0 Å². The molecular formula is C18H18FNO2S. The van der Waals surface area contributed by atoms with Crippen LogP contribution in [0.4, 0.5) is 10.1 Å². The third-order valence-electron chi connectivity index (χ3n) is 4.19. The summed E-state index contributed by atoms with van der Waals surface area (Å²) in [6.45, 7) is 5.54. The lowest BCUT2D eigenvalue weighted by atomic mass is 9.89. The van der Waals surface area contributed by atoms with Crippen molar-refractivity contribution in [2.75, 3.05) is 4.72 Å². The van der Waals surface area contributed by atoms with Crippen molar-refractivity contribution in [2.45, 2.75) is 31.1 Å². The molecule has 0 atom stereocenters.